The number of aliphatic hydroxyl groups is 1. The number of unbranched alkanes of at least 4 members (excludes halogenated alkanes) is 1. The first-order valence-corrected chi connectivity index (χ1v) is 10.6. The van der Waals surface area contributed by atoms with Crippen molar-refractivity contribution in [1.29, 1.82) is 0 Å². The fourth-order valence-electron chi connectivity index (χ4n) is 2.18. The molecular formula is C16H30O3Si. The average Bonchev–Trinajstić information content (AvgIpc) is 2.25. The van der Waals surface area contributed by atoms with Gasteiger partial charge in [0.25, 0.3) is 0 Å². The minimum atomic E-state index is -1.94. The summed E-state index contributed by atoms with van der Waals surface area (Å²) >= 11 is 0. The highest BCUT2D eigenvalue weighted by Crippen LogP contribution is 2.39. The molecule has 2 atom stereocenters. The predicted octanol–water partition coefficient (Wildman–Crippen LogP) is 3.83. The number of ketones is 1. The molecule has 116 valence electrons. The predicted molar refractivity (Wildman–Crippen MR) is 85.3 cm³/mol. The van der Waals surface area contributed by atoms with E-state index in [2.05, 4.69) is 46.9 Å². The Morgan fingerprint density at radius 3 is 2.45 bits per heavy atom. The van der Waals surface area contributed by atoms with E-state index in [1.165, 1.54) is 0 Å². The first kappa shape index (κ1) is 17.6. The molecule has 4 heteroatoms. The summed E-state index contributed by atoms with van der Waals surface area (Å²) in [5.74, 6) is 0.106. The molecule has 0 aromatic rings. The molecule has 0 aromatic carbocycles. The van der Waals surface area contributed by atoms with Gasteiger partial charge in [-0.3, -0.25) is 4.79 Å². The highest BCUT2D eigenvalue weighted by atomic mass is 28.4. The van der Waals surface area contributed by atoms with Crippen LogP contribution < -0.4 is 0 Å². The molecular weight excluding hydrogens is 268 g/mol. The van der Waals surface area contributed by atoms with E-state index in [4.69, 9.17) is 4.43 Å². The molecule has 1 aliphatic carbocycles. The van der Waals surface area contributed by atoms with Crippen molar-refractivity contribution in [3.63, 3.8) is 0 Å². The van der Waals surface area contributed by atoms with Crippen LogP contribution >= 0.6 is 0 Å². The van der Waals surface area contributed by atoms with Crippen molar-refractivity contribution in [3.05, 3.63) is 11.6 Å². The van der Waals surface area contributed by atoms with Crippen LogP contribution in [-0.4, -0.2) is 31.4 Å². The van der Waals surface area contributed by atoms with Crippen molar-refractivity contribution < 1.29 is 14.3 Å². The van der Waals surface area contributed by atoms with E-state index < -0.39 is 14.4 Å². The molecule has 1 N–H and O–H groups in total. The van der Waals surface area contributed by atoms with E-state index >= 15 is 0 Å². The summed E-state index contributed by atoms with van der Waals surface area (Å²) in [5.41, 5.74) is 0.927. The average molecular weight is 298 g/mol. The zero-order chi connectivity index (χ0) is 15.6. The number of hydrogen-bond donors (Lipinski definition) is 1. The summed E-state index contributed by atoms with van der Waals surface area (Å²) in [7, 11) is -1.94. The fourth-order valence-corrected chi connectivity index (χ4v) is 3.46. The van der Waals surface area contributed by atoms with Crippen LogP contribution in [-0.2, 0) is 9.22 Å². The number of aliphatic hydroxyl groups excluding tert-OH is 1. The molecule has 0 spiro atoms. The van der Waals surface area contributed by atoms with Gasteiger partial charge in [0.2, 0.25) is 0 Å². The smallest absolute Gasteiger partial charge is 0.192 e. The Kier molecular flexibility index (Phi) is 5.76. The Bertz CT molecular complexity index is 380. The first-order chi connectivity index (χ1) is 9.08. The Hall–Kier alpha value is -0.453. The summed E-state index contributed by atoms with van der Waals surface area (Å²) in [5, 5.41) is 10.3. The van der Waals surface area contributed by atoms with E-state index in [1.54, 1.807) is 0 Å². The minimum absolute atomic E-state index is 0.105. The van der Waals surface area contributed by atoms with Crippen molar-refractivity contribution >= 4 is 14.1 Å². The number of hydrogen-bond acceptors (Lipinski definition) is 3. The second kappa shape index (κ2) is 6.54. The van der Waals surface area contributed by atoms with Gasteiger partial charge in [0.05, 0.1) is 12.2 Å². The summed E-state index contributed by atoms with van der Waals surface area (Å²) in [6, 6.07) is 0. The lowest BCUT2D eigenvalue weighted by Crippen LogP contribution is -2.47. The molecule has 20 heavy (non-hydrogen) atoms. The molecule has 0 saturated heterocycles. The second-order valence-corrected chi connectivity index (χ2v) is 12.1. The van der Waals surface area contributed by atoms with Gasteiger partial charge in [-0.05, 0) is 30.1 Å². The number of carbonyl (C=O) groups excluding carboxylic acids is 1. The lowest BCUT2D eigenvalue weighted by Gasteiger charge is -2.41. The Labute approximate surface area is 124 Å². The van der Waals surface area contributed by atoms with Crippen LogP contribution in [0, 0.1) is 0 Å². The lowest BCUT2D eigenvalue weighted by atomic mass is 9.88. The number of allylic oxidation sites excluding steroid dienone is 1. The van der Waals surface area contributed by atoms with E-state index in [0.29, 0.717) is 6.42 Å². The van der Waals surface area contributed by atoms with Gasteiger partial charge < -0.3 is 9.53 Å². The third-order valence-corrected chi connectivity index (χ3v) is 8.99. The quantitative estimate of drug-likeness (QED) is 0.634. The van der Waals surface area contributed by atoms with Crippen LogP contribution in [0.4, 0.5) is 0 Å². The molecule has 0 unspecified atom stereocenters. The number of rotatable bonds is 4. The van der Waals surface area contributed by atoms with Crippen LogP contribution in [0.15, 0.2) is 11.6 Å². The normalized spacial score (nSPS) is 27.1. The van der Waals surface area contributed by atoms with Crippen LogP contribution in [0.3, 0.4) is 0 Å². The van der Waals surface area contributed by atoms with Gasteiger partial charge in [-0.2, -0.15) is 0 Å². The van der Waals surface area contributed by atoms with Crippen LogP contribution in [0.25, 0.3) is 0 Å². The van der Waals surface area contributed by atoms with E-state index in [-0.39, 0.29) is 23.3 Å². The molecule has 0 bridgehead atoms. The van der Waals surface area contributed by atoms with Crippen LogP contribution in [0.5, 0.6) is 0 Å². The lowest BCUT2D eigenvalue weighted by molar-refractivity contribution is -0.123. The highest BCUT2D eigenvalue weighted by Gasteiger charge is 2.42. The maximum Gasteiger partial charge on any atom is 0.192 e. The molecule has 1 fully saturated rings. The molecule has 0 amide bonds. The summed E-state index contributed by atoms with van der Waals surface area (Å²) < 4.78 is 6.38. The van der Waals surface area contributed by atoms with Gasteiger partial charge in [-0.15, -0.1) is 0 Å². The molecule has 1 aliphatic rings. The van der Waals surface area contributed by atoms with Crippen molar-refractivity contribution in [2.24, 2.45) is 0 Å². The molecule has 1 saturated carbocycles. The van der Waals surface area contributed by atoms with Gasteiger partial charge in [-0.1, -0.05) is 40.2 Å². The first-order valence-electron chi connectivity index (χ1n) is 7.66. The van der Waals surface area contributed by atoms with Crippen molar-refractivity contribution in [2.75, 3.05) is 0 Å². The van der Waals surface area contributed by atoms with Crippen LogP contribution in [0.2, 0.25) is 18.1 Å². The third-order valence-electron chi connectivity index (χ3n) is 4.50. The fraction of sp³-hybridized carbons (Fsp3) is 0.812. The van der Waals surface area contributed by atoms with Crippen molar-refractivity contribution in [3.8, 4) is 0 Å². The van der Waals surface area contributed by atoms with E-state index in [9.17, 15) is 9.90 Å². The Balaban J connectivity index is 2.95. The maximum absolute atomic E-state index is 11.8. The summed E-state index contributed by atoms with van der Waals surface area (Å²) in [6.07, 6.45) is 3.83. The maximum atomic E-state index is 11.8. The Morgan fingerprint density at radius 1 is 1.35 bits per heavy atom. The standard InChI is InChI=1S/C16H30O3Si/c1-7-8-9-13-14(18)10-12(17)11-15(13)19-20(5,6)16(2,3)4/h9,14-15,18H,7-8,10-11H2,1-6H3/t14-,15-/m1/s1. The van der Waals surface area contributed by atoms with Gasteiger partial charge in [0.1, 0.15) is 5.78 Å². The largest absolute Gasteiger partial charge is 0.410 e. The molecule has 0 aromatic heterocycles. The SMILES string of the molecule is CCCC=C1[C@H](O)CC(=O)C[C@H]1O[Si](C)(C)C(C)(C)C. The number of Topliss-reactive ketones (excluding diaryl/α,β-unsaturated/α-hetero) is 1. The van der Waals surface area contributed by atoms with Gasteiger partial charge in [-0.25, -0.2) is 0 Å². The minimum Gasteiger partial charge on any atom is -0.410 e. The van der Waals surface area contributed by atoms with Crippen molar-refractivity contribution in [1.82, 2.24) is 0 Å². The molecule has 0 heterocycles. The van der Waals surface area contributed by atoms with E-state index in [0.717, 1.165) is 18.4 Å². The molecule has 0 radical (unpaired) electrons. The number of carbonyl (C=O) groups is 1. The summed E-state index contributed by atoms with van der Waals surface area (Å²) in [6.45, 7) is 13.1. The van der Waals surface area contributed by atoms with Crippen LogP contribution in [0.1, 0.15) is 53.4 Å². The third kappa shape index (κ3) is 4.27. The topological polar surface area (TPSA) is 46.5 Å². The van der Waals surface area contributed by atoms with Crippen molar-refractivity contribution in [2.45, 2.75) is 83.7 Å². The van der Waals surface area contributed by atoms with Gasteiger partial charge >= 0.3 is 0 Å². The molecule has 3 nitrogen and oxygen atoms in total. The second-order valence-electron chi connectivity index (χ2n) is 7.32. The molecule has 1 rings (SSSR count). The Morgan fingerprint density at radius 2 is 1.95 bits per heavy atom. The van der Waals surface area contributed by atoms with Gasteiger partial charge in [0.15, 0.2) is 8.32 Å². The zero-order valence-corrected chi connectivity index (χ0v) is 14.8. The molecule has 0 aliphatic heterocycles. The van der Waals surface area contributed by atoms with Gasteiger partial charge in [0, 0.05) is 12.8 Å². The summed E-state index contributed by atoms with van der Waals surface area (Å²) in [4.78, 5) is 11.8. The zero-order valence-electron chi connectivity index (χ0n) is 13.8. The van der Waals surface area contributed by atoms with E-state index in [1.807, 2.05) is 0 Å². The monoisotopic (exact) mass is 298 g/mol. The highest BCUT2D eigenvalue weighted by molar-refractivity contribution is 6.74.